The number of nitrogens with zero attached hydrogens (tertiary/aromatic N) is 5. The van der Waals surface area contributed by atoms with Crippen molar-refractivity contribution in [2.75, 3.05) is 0 Å². The van der Waals surface area contributed by atoms with Crippen molar-refractivity contribution in [3.05, 3.63) is 96.9 Å². The number of aromatic hydroxyl groups is 1. The van der Waals surface area contributed by atoms with Crippen molar-refractivity contribution in [1.82, 2.24) is 23.1 Å². The molecule has 9 heteroatoms. The molecule has 0 bridgehead atoms. The van der Waals surface area contributed by atoms with Gasteiger partial charge in [0, 0.05) is 14.1 Å². The van der Waals surface area contributed by atoms with E-state index in [2.05, 4.69) is 23.2 Å². The molecule has 1 N–H and O–H groups in total. The largest absolute Gasteiger partial charge is 0.494 e. The van der Waals surface area contributed by atoms with E-state index < -0.39 is 11.2 Å². The number of hydrogen-bond donors (Lipinski definition) is 1. The molecule has 0 fully saturated rings. The molecule has 6 aromatic rings. The zero-order chi connectivity index (χ0) is 26.0. The zero-order valence-corrected chi connectivity index (χ0v) is 20.7. The van der Waals surface area contributed by atoms with Crippen LogP contribution in [-0.4, -0.2) is 28.2 Å². The van der Waals surface area contributed by atoms with Gasteiger partial charge in [-0.2, -0.15) is 4.98 Å². The maximum Gasteiger partial charge on any atom is 0.332 e. The Kier molecular flexibility index (Phi) is 5.04. The maximum absolute atomic E-state index is 13.8. The first-order valence-electron chi connectivity index (χ1n) is 12.2. The monoisotopic (exact) mass is 495 g/mol. The summed E-state index contributed by atoms with van der Waals surface area (Å²) in [5.41, 5.74) is -0.245. The van der Waals surface area contributed by atoms with Crippen LogP contribution in [0.4, 0.5) is 0 Å². The third kappa shape index (κ3) is 3.16. The fourth-order valence-corrected chi connectivity index (χ4v) is 5.29. The normalized spacial score (nSPS) is 11.9. The van der Waals surface area contributed by atoms with Crippen molar-refractivity contribution in [3.8, 4) is 5.88 Å². The molecule has 0 saturated heterocycles. The van der Waals surface area contributed by atoms with Gasteiger partial charge in [-0.05, 0) is 39.6 Å². The number of imidazole rings is 1. The van der Waals surface area contributed by atoms with E-state index in [0.717, 1.165) is 31.7 Å². The van der Waals surface area contributed by atoms with Crippen LogP contribution in [0.3, 0.4) is 0 Å². The van der Waals surface area contributed by atoms with Crippen LogP contribution >= 0.6 is 0 Å². The highest BCUT2D eigenvalue weighted by Crippen LogP contribution is 2.30. The Labute approximate surface area is 210 Å². The fourth-order valence-electron chi connectivity index (χ4n) is 5.29. The van der Waals surface area contributed by atoms with Gasteiger partial charge in [0.15, 0.2) is 11.2 Å². The molecular weight excluding hydrogens is 470 g/mol. The molecule has 9 nitrogen and oxygen atoms in total. The number of hydrogen-bond acceptors (Lipinski definition) is 5. The van der Waals surface area contributed by atoms with E-state index in [1.165, 1.54) is 27.6 Å². The lowest BCUT2D eigenvalue weighted by Gasteiger charge is -2.15. The van der Waals surface area contributed by atoms with Crippen LogP contribution in [0.25, 0.3) is 38.5 Å². The number of fused-ring (bicyclic) bond motifs is 6. The molecule has 0 radical (unpaired) electrons. The highest BCUT2D eigenvalue weighted by molar-refractivity contribution is 6.08. The molecule has 0 atom stereocenters. The molecule has 37 heavy (non-hydrogen) atoms. The Morgan fingerprint density at radius 1 is 0.865 bits per heavy atom. The number of rotatable bonds is 4. The molecule has 0 aliphatic carbocycles. The van der Waals surface area contributed by atoms with Gasteiger partial charge < -0.3 is 5.11 Å². The van der Waals surface area contributed by atoms with Crippen molar-refractivity contribution in [3.63, 3.8) is 0 Å². The molecule has 3 heterocycles. The van der Waals surface area contributed by atoms with E-state index in [1.54, 1.807) is 0 Å². The molecule has 6 rings (SSSR count). The highest BCUT2D eigenvalue weighted by Gasteiger charge is 2.24. The first-order chi connectivity index (χ1) is 17.8. The molecule has 0 aliphatic rings. The molecule has 0 aliphatic heterocycles. The van der Waals surface area contributed by atoms with Gasteiger partial charge in [0.05, 0.1) is 12.1 Å². The smallest absolute Gasteiger partial charge is 0.332 e. The molecule has 0 spiro atoms. The first kappa shape index (κ1) is 22.8. The Morgan fingerprint density at radius 3 is 2.27 bits per heavy atom. The summed E-state index contributed by atoms with van der Waals surface area (Å²) in [5, 5.41) is 15.4. The van der Waals surface area contributed by atoms with E-state index in [4.69, 9.17) is 0 Å². The molecular formula is C28H25N5O4. The van der Waals surface area contributed by atoms with E-state index >= 15 is 0 Å². The second kappa shape index (κ2) is 8.19. The van der Waals surface area contributed by atoms with Gasteiger partial charge >= 0.3 is 5.69 Å². The van der Waals surface area contributed by atoms with E-state index in [1.807, 2.05) is 43.3 Å². The maximum atomic E-state index is 13.8. The van der Waals surface area contributed by atoms with Crippen LogP contribution in [0.5, 0.6) is 5.88 Å². The van der Waals surface area contributed by atoms with Gasteiger partial charge in [0.1, 0.15) is 0 Å². The van der Waals surface area contributed by atoms with E-state index in [0.29, 0.717) is 12.8 Å². The number of aryl methyl sites for hydroxylation is 1. The van der Waals surface area contributed by atoms with Crippen molar-refractivity contribution in [2.45, 2.75) is 26.3 Å². The zero-order valence-electron chi connectivity index (χ0n) is 20.7. The Hall–Kier alpha value is -4.66. The first-order valence-corrected chi connectivity index (χ1v) is 12.2. The minimum atomic E-state index is -0.593. The molecule has 0 saturated carbocycles. The van der Waals surface area contributed by atoms with Gasteiger partial charge in [-0.25, -0.2) is 9.20 Å². The molecule has 0 amide bonds. The van der Waals surface area contributed by atoms with Crippen molar-refractivity contribution in [2.24, 2.45) is 14.1 Å². The van der Waals surface area contributed by atoms with Crippen LogP contribution in [0.1, 0.15) is 24.5 Å². The molecule has 3 aromatic carbocycles. The lowest BCUT2D eigenvalue weighted by molar-refractivity contribution is 0.433. The summed E-state index contributed by atoms with van der Waals surface area (Å²) in [5.74, 6) is -0.215. The second-order valence-corrected chi connectivity index (χ2v) is 9.37. The van der Waals surface area contributed by atoms with Gasteiger partial charge in [-0.3, -0.25) is 23.3 Å². The van der Waals surface area contributed by atoms with E-state index in [-0.39, 0.29) is 40.5 Å². The Morgan fingerprint density at radius 2 is 1.54 bits per heavy atom. The quantitative estimate of drug-likeness (QED) is 0.379. The molecule has 3 aromatic heterocycles. The topological polar surface area (TPSA) is 104 Å². The van der Waals surface area contributed by atoms with Gasteiger partial charge in [-0.15, -0.1) is 0 Å². The van der Waals surface area contributed by atoms with Crippen LogP contribution in [0.2, 0.25) is 0 Å². The van der Waals surface area contributed by atoms with Crippen molar-refractivity contribution < 1.29 is 5.11 Å². The van der Waals surface area contributed by atoms with Gasteiger partial charge in [0.2, 0.25) is 11.7 Å². The minimum absolute atomic E-state index is 0.0478. The van der Waals surface area contributed by atoms with E-state index in [9.17, 15) is 19.5 Å². The summed E-state index contributed by atoms with van der Waals surface area (Å²) in [6, 6.07) is 18.2. The predicted molar refractivity (Wildman–Crippen MR) is 144 cm³/mol. The predicted octanol–water partition coefficient (Wildman–Crippen LogP) is 3.06. The van der Waals surface area contributed by atoms with Gasteiger partial charge in [-0.1, -0.05) is 61.9 Å². The average Bonchev–Trinajstić information content (AvgIpc) is 3.32. The Balaban J connectivity index is 1.75. The lowest BCUT2D eigenvalue weighted by atomic mass is 9.97. The van der Waals surface area contributed by atoms with Crippen LogP contribution in [0.15, 0.2) is 69.0 Å². The molecule has 186 valence electrons. The summed E-state index contributed by atoms with van der Waals surface area (Å²) < 4.78 is 5.03. The van der Waals surface area contributed by atoms with Crippen LogP contribution in [-0.2, 0) is 27.1 Å². The Bertz CT molecular complexity index is 2080. The van der Waals surface area contributed by atoms with Crippen LogP contribution in [0, 0.1) is 0 Å². The second-order valence-electron chi connectivity index (χ2n) is 9.37. The third-order valence-corrected chi connectivity index (χ3v) is 7.15. The summed E-state index contributed by atoms with van der Waals surface area (Å²) in [7, 11) is 2.89. The van der Waals surface area contributed by atoms with Crippen molar-refractivity contribution in [1.29, 1.82) is 0 Å². The third-order valence-electron chi connectivity index (χ3n) is 7.15. The standard InChI is InChI=1S/C28H25N5O4/c1-4-9-21-24(34)32(15-17-14-16-10-5-6-11-18(16)20-13-8-7-12-19(17)20)27-29-23-22(33(27)25(21)35)26(36)31(3)28(37)30(23)2/h5-8,10-14,35H,4,9,15H2,1-3H3. The SMILES string of the molecule is CCCc1c(O)n2c3c(=O)n(C)c(=O)n(C)c3nc2n(Cc2cc3ccccc3c3ccccc23)c1=O. The summed E-state index contributed by atoms with van der Waals surface area (Å²) in [6.45, 7) is 2.08. The number of aromatic nitrogens is 5. The number of benzene rings is 3. The average molecular weight is 496 g/mol. The lowest BCUT2D eigenvalue weighted by Crippen LogP contribution is -2.37. The van der Waals surface area contributed by atoms with Gasteiger partial charge in [0.25, 0.3) is 11.1 Å². The van der Waals surface area contributed by atoms with Crippen molar-refractivity contribution >= 4 is 38.5 Å². The van der Waals surface area contributed by atoms with Crippen LogP contribution < -0.4 is 16.8 Å². The summed E-state index contributed by atoms with van der Waals surface area (Å²) >= 11 is 0. The molecule has 0 unspecified atom stereocenters. The highest BCUT2D eigenvalue weighted by atomic mass is 16.3. The fraction of sp³-hybridized carbons (Fsp3) is 0.214. The summed E-state index contributed by atoms with van der Waals surface area (Å²) in [6.07, 6.45) is 0.946. The summed E-state index contributed by atoms with van der Waals surface area (Å²) in [4.78, 5) is 44.1. The minimum Gasteiger partial charge on any atom is -0.494 e.